The third kappa shape index (κ3) is 10.1. The Morgan fingerprint density at radius 3 is 1.61 bits per heavy atom. The van der Waals surface area contributed by atoms with Gasteiger partial charge in [0.15, 0.2) is 0 Å². The number of carbonyl (C=O) groups excluding carboxylic acids is 2. The third-order valence-electron chi connectivity index (χ3n) is 2.53. The van der Waals surface area contributed by atoms with Gasteiger partial charge < -0.3 is 9.47 Å². The standard InChI is InChI=1S/C14H26O4/c1-4-6-8-13(15)17-10-12(3)11-18-14(16)9-7-5-2/h12H,4-11H2,1-3H3. The zero-order valence-electron chi connectivity index (χ0n) is 11.9. The smallest absolute Gasteiger partial charge is 0.305 e. The van der Waals surface area contributed by atoms with Crippen molar-refractivity contribution in [2.75, 3.05) is 13.2 Å². The Kier molecular flexibility index (Phi) is 10.4. The van der Waals surface area contributed by atoms with Gasteiger partial charge in [-0.2, -0.15) is 0 Å². The Hall–Kier alpha value is -1.06. The highest BCUT2D eigenvalue weighted by molar-refractivity contribution is 5.69. The first-order valence-corrected chi connectivity index (χ1v) is 6.91. The van der Waals surface area contributed by atoms with Crippen molar-refractivity contribution in [1.82, 2.24) is 0 Å². The highest BCUT2D eigenvalue weighted by atomic mass is 16.5. The van der Waals surface area contributed by atoms with Gasteiger partial charge in [0.05, 0.1) is 13.2 Å². The summed E-state index contributed by atoms with van der Waals surface area (Å²) in [6, 6.07) is 0. The van der Waals surface area contributed by atoms with Crippen molar-refractivity contribution in [3.63, 3.8) is 0 Å². The van der Waals surface area contributed by atoms with Crippen molar-refractivity contribution in [3.8, 4) is 0 Å². The summed E-state index contributed by atoms with van der Waals surface area (Å²) in [5, 5.41) is 0. The predicted molar refractivity (Wildman–Crippen MR) is 70.1 cm³/mol. The molecule has 0 spiro atoms. The van der Waals surface area contributed by atoms with E-state index in [1.54, 1.807) is 0 Å². The summed E-state index contributed by atoms with van der Waals surface area (Å²) in [5.74, 6) is -0.275. The van der Waals surface area contributed by atoms with Crippen LogP contribution in [0.5, 0.6) is 0 Å². The summed E-state index contributed by atoms with van der Waals surface area (Å²) >= 11 is 0. The topological polar surface area (TPSA) is 52.6 Å². The number of unbranched alkanes of at least 4 members (excludes halogenated alkanes) is 2. The van der Waals surface area contributed by atoms with E-state index < -0.39 is 0 Å². The molecule has 0 aliphatic rings. The van der Waals surface area contributed by atoms with Gasteiger partial charge in [0.25, 0.3) is 0 Å². The maximum atomic E-state index is 11.3. The monoisotopic (exact) mass is 258 g/mol. The molecule has 0 aliphatic heterocycles. The van der Waals surface area contributed by atoms with Crippen molar-refractivity contribution in [3.05, 3.63) is 0 Å². The van der Waals surface area contributed by atoms with E-state index in [4.69, 9.17) is 9.47 Å². The molecule has 106 valence electrons. The maximum absolute atomic E-state index is 11.3. The van der Waals surface area contributed by atoms with Crippen LogP contribution in [0.4, 0.5) is 0 Å². The third-order valence-corrected chi connectivity index (χ3v) is 2.53. The van der Waals surface area contributed by atoms with Crippen LogP contribution in [0, 0.1) is 5.92 Å². The molecule has 0 atom stereocenters. The van der Waals surface area contributed by atoms with E-state index in [0.717, 1.165) is 25.7 Å². The lowest BCUT2D eigenvalue weighted by Crippen LogP contribution is -2.18. The van der Waals surface area contributed by atoms with Gasteiger partial charge in [0.1, 0.15) is 0 Å². The Labute approximate surface area is 110 Å². The lowest BCUT2D eigenvalue weighted by Gasteiger charge is -2.12. The molecule has 0 bridgehead atoms. The molecule has 0 radical (unpaired) electrons. The number of hydrogen-bond donors (Lipinski definition) is 0. The Balaban J connectivity index is 3.55. The molecule has 0 fully saturated rings. The van der Waals surface area contributed by atoms with E-state index in [1.165, 1.54) is 0 Å². The van der Waals surface area contributed by atoms with Gasteiger partial charge >= 0.3 is 11.9 Å². The van der Waals surface area contributed by atoms with Crippen LogP contribution in [-0.4, -0.2) is 25.2 Å². The minimum Gasteiger partial charge on any atom is -0.465 e. The van der Waals surface area contributed by atoms with Crippen LogP contribution in [0.25, 0.3) is 0 Å². The van der Waals surface area contributed by atoms with Gasteiger partial charge in [0, 0.05) is 18.8 Å². The largest absolute Gasteiger partial charge is 0.465 e. The van der Waals surface area contributed by atoms with Crippen LogP contribution in [-0.2, 0) is 19.1 Å². The summed E-state index contributed by atoms with van der Waals surface area (Å²) in [6.45, 7) is 6.62. The molecule has 4 nitrogen and oxygen atoms in total. The van der Waals surface area contributed by atoms with E-state index in [9.17, 15) is 9.59 Å². The second kappa shape index (κ2) is 11.1. The van der Waals surface area contributed by atoms with Gasteiger partial charge in [-0.3, -0.25) is 9.59 Å². The quantitative estimate of drug-likeness (QED) is 0.565. The van der Waals surface area contributed by atoms with Gasteiger partial charge in [0.2, 0.25) is 0 Å². The average molecular weight is 258 g/mol. The molecule has 0 aliphatic carbocycles. The second-order valence-electron chi connectivity index (χ2n) is 4.68. The molecule has 0 rings (SSSR count). The normalized spacial score (nSPS) is 10.4. The molecule has 0 heterocycles. The zero-order chi connectivity index (χ0) is 13.8. The number of ether oxygens (including phenoxy) is 2. The molecule has 0 N–H and O–H groups in total. The van der Waals surface area contributed by atoms with Crippen molar-refractivity contribution < 1.29 is 19.1 Å². The second-order valence-corrected chi connectivity index (χ2v) is 4.68. The van der Waals surface area contributed by atoms with Crippen LogP contribution in [0.15, 0.2) is 0 Å². The fraction of sp³-hybridized carbons (Fsp3) is 0.857. The van der Waals surface area contributed by atoms with Crippen molar-refractivity contribution >= 4 is 11.9 Å². The van der Waals surface area contributed by atoms with E-state index in [0.29, 0.717) is 26.1 Å². The number of esters is 2. The summed E-state index contributed by atoms with van der Waals surface area (Å²) in [6.07, 6.45) is 4.64. The highest BCUT2D eigenvalue weighted by Crippen LogP contribution is 2.03. The zero-order valence-corrected chi connectivity index (χ0v) is 11.9. The fourth-order valence-electron chi connectivity index (χ4n) is 1.31. The van der Waals surface area contributed by atoms with Gasteiger partial charge in [-0.1, -0.05) is 33.6 Å². The Morgan fingerprint density at radius 2 is 1.28 bits per heavy atom. The summed E-state index contributed by atoms with van der Waals surface area (Å²) < 4.78 is 10.2. The van der Waals surface area contributed by atoms with E-state index in [-0.39, 0.29) is 17.9 Å². The SMILES string of the molecule is CCCCC(=O)OCC(C)COC(=O)CCCC. The van der Waals surface area contributed by atoms with E-state index in [2.05, 4.69) is 0 Å². The summed E-state index contributed by atoms with van der Waals surface area (Å²) in [4.78, 5) is 22.5. The number of carbonyl (C=O) groups is 2. The van der Waals surface area contributed by atoms with Gasteiger partial charge in [-0.25, -0.2) is 0 Å². The molecule has 0 aromatic carbocycles. The summed E-state index contributed by atoms with van der Waals surface area (Å²) in [5.41, 5.74) is 0. The van der Waals surface area contributed by atoms with Crippen LogP contribution >= 0.6 is 0 Å². The minimum absolute atomic E-state index is 0.0566. The van der Waals surface area contributed by atoms with Crippen LogP contribution < -0.4 is 0 Å². The maximum Gasteiger partial charge on any atom is 0.305 e. The molecule has 0 saturated carbocycles. The molecule has 0 aromatic rings. The minimum atomic E-state index is -0.166. The first-order chi connectivity index (χ1) is 8.60. The number of hydrogen-bond acceptors (Lipinski definition) is 4. The fourth-order valence-corrected chi connectivity index (χ4v) is 1.31. The predicted octanol–water partition coefficient (Wildman–Crippen LogP) is 3.09. The Bertz CT molecular complexity index is 214. The van der Waals surface area contributed by atoms with Gasteiger partial charge in [-0.15, -0.1) is 0 Å². The van der Waals surface area contributed by atoms with Gasteiger partial charge in [-0.05, 0) is 12.8 Å². The van der Waals surface area contributed by atoms with Crippen molar-refractivity contribution in [2.24, 2.45) is 5.92 Å². The average Bonchev–Trinajstić information content (AvgIpc) is 2.37. The molecular weight excluding hydrogens is 232 g/mol. The van der Waals surface area contributed by atoms with Crippen molar-refractivity contribution in [1.29, 1.82) is 0 Å². The Morgan fingerprint density at radius 1 is 0.889 bits per heavy atom. The lowest BCUT2D eigenvalue weighted by atomic mass is 10.2. The summed E-state index contributed by atoms with van der Waals surface area (Å²) in [7, 11) is 0. The molecule has 18 heavy (non-hydrogen) atoms. The van der Waals surface area contributed by atoms with Crippen LogP contribution in [0.2, 0.25) is 0 Å². The lowest BCUT2D eigenvalue weighted by molar-refractivity contribution is -0.148. The molecule has 0 aromatic heterocycles. The molecule has 0 saturated heterocycles. The van der Waals surface area contributed by atoms with Crippen molar-refractivity contribution in [2.45, 2.75) is 59.3 Å². The molecular formula is C14H26O4. The van der Waals surface area contributed by atoms with E-state index in [1.807, 2.05) is 20.8 Å². The first-order valence-electron chi connectivity index (χ1n) is 6.91. The molecule has 0 amide bonds. The first kappa shape index (κ1) is 16.9. The molecule has 0 unspecified atom stereocenters. The van der Waals surface area contributed by atoms with Crippen LogP contribution in [0.1, 0.15) is 59.3 Å². The van der Waals surface area contributed by atoms with Crippen LogP contribution in [0.3, 0.4) is 0 Å². The molecule has 4 heteroatoms. The highest BCUT2D eigenvalue weighted by Gasteiger charge is 2.10. The number of rotatable bonds is 10. The van der Waals surface area contributed by atoms with E-state index >= 15 is 0 Å².